The van der Waals surface area contributed by atoms with Crippen LogP contribution < -0.4 is 0 Å². The van der Waals surface area contributed by atoms with Gasteiger partial charge >= 0.3 is 0 Å². The second-order valence-corrected chi connectivity index (χ2v) is 3.31. The van der Waals surface area contributed by atoms with Crippen LogP contribution in [0.5, 0.6) is 0 Å². The lowest BCUT2D eigenvalue weighted by Crippen LogP contribution is -1.74. The minimum Gasteiger partial charge on any atom is -0.207 e. The van der Waals surface area contributed by atoms with Crippen LogP contribution in [0.3, 0.4) is 0 Å². The number of hydrogen-bond acceptors (Lipinski definition) is 0. The molecule has 0 saturated heterocycles. The summed E-state index contributed by atoms with van der Waals surface area (Å²) in [5.74, 6) is 4.17. The predicted molar refractivity (Wildman–Crippen MR) is 68.7 cm³/mol. The van der Waals surface area contributed by atoms with Crippen LogP contribution in [0.2, 0.25) is 0 Å². The Bertz CT molecular complexity index is 584. The highest BCUT2D eigenvalue weighted by Crippen LogP contribution is 2.00. The van der Waals surface area contributed by atoms with Crippen molar-refractivity contribution in [2.24, 2.45) is 0 Å². The second kappa shape index (κ2) is 6.89. The molecule has 0 bridgehead atoms. The van der Waals surface area contributed by atoms with Crippen LogP contribution in [0.4, 0.5) is 8.78 Å². The van der Waals surface area contributed by atoms with E-state index in [4.69, 9.17) is 12.8 Å². The normalized spacial score (nSPS) is 8.44. The third kappa shape index (κ3) is 4.51. The lowest BCUT2D eigenvalue weighted by Gasteiger charge is -1.87. The van der Waals surface area contributed by atoms with Gasteiger partial charge in [-0.1, -0.05) is 17.9 Å². The van der Waals surface area contributed by atoms with Crippen LogP contribution in [0.15, 0.2) is 48.5 Å². The zero-order valence-corrected chi connectivity index (χ0v) is 9.53. The van der Waals surface area contributed by atoms with E-state index in [-0.39, 0.29) is 11.6 Å². The number of rotatable bonds is 0. The fourth-order valence-corrected chi connectivity index (χ4v) is 1.12. The zero-order chi connectivity index (χ0) is 13.4. The largest absolute Gasteiger partial charge is 0.207 e. The van der Waals surface area contributed by atoms with E-state index in [1.165, 1.54) is 24.3 Å². The number of hydrogen-bond donors (Lipinski definition) is 0. The van der Waals surface area contributed by atoms with Gasteiger partial charge in [0.05, 0.1) is 0 Å². The van der Waals surface area contributed by atoms with Gasteiger partial charge in [0.2, 0.25) is 0 Å². The Labute approximate surface area is 105 Å². The lowest BCUT2D eigenvalue weighted by molar-refractivity contribution is 0.627. The van der Waals surface area contributed by atoms with Gasteiger partial charge in [-0.3, -0.25) is 0 Å². The van der Waals surface area contributed by atoms with E-state index in [0.717, 1.165) is 0 Å². The van der Waals surface area contributed by atoms with Crippen molar-refractivity contribution in [1.29, 1.82) is 0 Å². The summed E-state index contributed by atoms with van der Waals surface area (Å²) >= 11 is 0. The van der Waals surface area contributed by atoms with Crippen molar-refractivity contribution in [2.45, 2.75) is 0 Å². The molecule has 0 aliphatic rings. The Hall–Kier alpha value is -2.58. The SMILES string of the molecule is C#Cc1ccc(F)cc1.C#Cc1cccc(F)c1. The summed E-state index contributed by atoms with van der Waals surface area (Å²) < 4.78 is 24.4. The zero-order valence-electron chi connectivity index (χ0n) is 9.53. The highest BCUT2D eigenvalue weighted by atomic mass is 19.1. The Morgan fingerprint density at radius 2 is 1.33 bits per heavy atom. The summed E-state index contributed by atoms with van der Waals surface area (Å²) in [6.45, 7) is 0. The van der Waals surface area contributed by atoms with Gasteiger partial charge in [-0.15, -0.1) is 12.8 Å². The van der Waals surface area contributed by atoms with Gasteiger partial charge in [0, 0.05) is 11.1 Å². The van der Waals surface area contributed by atoms with Crippen molar-refractivity contribution in [1.82, 2.24) is 0 Å². The van der Waals surface area contributed by atoms with Crippen molar-refractivity contribution in [2.75, 3.05) is 0 Å². The molecular formula is C16H10F2. The van der Waals surface area contributed by atoms with Crippen LogP contribution in [0.1, 0.15) is 11.1 Å². The van der Waals surface area contributed by atoms with Crippen molar-refractivity contribution in [3.8, 4) is 24.7 Å². The summed E-state index contributed by atoms with van der Waals surface area (Å²) in [5.41, 5.74) is 1.28. The Morgan fingerprint density at radius 3 is 1.78 bits per heavy atom. The molecule has 0 aliphatic carbocycles. The van der Waals surface area contributed by atoms with E-state index in [1.54, 1.807) is 24.3 Å². The average molecular weight is 240 g/mol. The van der Waals surface area contributed by atoms with Crippen LogP contribution in [0.25, 0.3) is 0 Å². The molecule has 0 N–H and O–H groups in total. The molecule has 0 atom stereocenters. The average Bonchev–Trinajstić information content (AvgIpc) is 2.40. The van der Waals surface area contributed by atoms with Crippen LogP contribution in [-0.4, -0.2) is 0 Å². The molecule has 0 heterocycles. The molecule has 0 radical (unpaired) electrons. The van der Waals surface area contributed by atoms with Crippen LogP contribution >= 0.6 is 0 Å². The summed E-state index contributed by atoms with van der Waals surface area (Å²) in [6, 6.07) is 11.8. The Kier molecular flexibility index (Phi) is 5.16. The molecule has 2 aromatic rings. The molecule has 0 aromatic heterocycles. The van der Waals surface area contributed by atoms with E-state index in [1.807, 2.05) is 0 Å². The maximum atomic E-state index is 12.3. The van der Waals surface area contributed by atoms with E-state index < -0.39 is 0 Å². The molecule has 88 valence electrons. The maximum absolute atomic E-state index is 12.3. The fraction of sp³-hybridized carbons (Fsp3) is 0. The van der Waals surface area contributed by atoms with E-state index in [9.17, 15) is 8.78 Å². The Morgan fingerprint density at radius 1 is 0.722 bits per heavy atom. The van der Waals surface area contributed by atoms with E-state index >= 15 is 0 Å². The van der Waals surface area contributed by atoms with Gasteiger partial charge in [0.25, 0.3) is 0 Å². The molecule has 0 spiro atoms. The third-order valence-electron chi connectivity index (χ3n) is 2.00. The first-order valence-electron chi connectivity index (χ1n) is 5.10. The van der Waals surface area contributed by atoms with Gasteiger partial charge in [0.15, 0.2) is 0 Å². The third-order valence-corrected chi connectivity index (χ3v) is 2.00. The maximum Gasteiger partial charge on any atom is 0.124 e. The van der Waals surface area contributed by atoms with E-state index in [0.29, 0.717) is 11.1 Å². The monoisotopic (exact) mass is 240 g/mol. The van der Waals surface area contributed by atoms with Crippen molar-refractivity contribution < 1.29 is 8.78 Å². The first-order valence-corrected chi connectivity index (χ1v) is 5.10. The molecule has 2 heteroatoms. The first kappa shape index (κ1) is 13.5. The van der Waals surface area contributed by atoms with Gasteiger partial charge in [0.1, 0.15) is 11.6 Å². The quantitative estimate of drug-likeness (QED) is 0.617. The smallest absolute Gasteiger partial charge is 0.124 e. The number of benzene rings is 2. The minimum absolute atomic E-state index is 0.256. The number of halogens is 2. The van der Waals surface area contributed by atoms with E-state index in [2.05, 4.69) is 11.8 Å². The summed E-state index contributed by atoms with van der Waals surface area (Å²) in [5, 5.41) is 0. The molecule has 0 nitrogen and oxygen atoms in total. The first-order chi connectivity index (χ1) is 8.65. The Balaban J connectivity index is 0.000000180. The molecule has 2 rings (SSSR count). The van der Waals surface area contributed by atoms with Crippen molar-refractivity contribution >= 4 is 0 Å². The van der Waals surface area contributed by atoms with Gasteiger partial charge < -0.3 is 0 Å². The topological polar surface area (TPSA) is 0 Å². The van der Waals surface area contributed by atoms with Gasteiger partial charge in [-0.25, -0.2) is 8.78 Å². The minimum atomic E-state index is -0.287. The molecule has 0 unspecified atom stereocenters. The lowest BCUT2D eigenvalue weighted by atomic mass is 10.2. The summed E-state index contributed by atoms with van der Waals surface area (Å²) in [4.78, 5) is 0. The van der Waals surface area contributed by atoms with Crippen molar-refractivity contribution in [3.63, 3.8) is 0 Å². The van der Waals surface area contributed by atoms with Crippen LogP contribution in [-0.2, 0) is 0 Å². The highest BCUT2D eigenvalue weighted by Gasteiger charge is 1.87. The fourth-order valence-electron chi connectivity index (χ4n) is 1.12. The van der Waals surface area contributed by atoms with Gasteiger partial charge in [-0.05, 0) is 42.5 Å². The standard InChI is InChI=1S/2C8H5F/c1-2-7-3-5-8(9)6-4-7;1-2-7-4-3-5-8(9)6-7/h2*1,3-6H. The molecule has 18 heavy (non-hydrogen) atoms. The predicted octanol–water partition coefficient (Wildman–Crippen LogP) is 3.61. The number of terminal acetylenes is 2. The van der Waals surface area contributed by atoms with Crippen LogP contribution in [0, 0.1) is 36.3 Å². The summed E-state index contributed by atoms with van der Waals surface area (Å²) in [6.07, 6.45) is 10.0. The summed E-state index contributed by atoms with van der Waals surface area (Å²) in [7, 11) is 0. The highest BCUT2D eigenvalue weighted by molar-refractivity contribution is 5.32. The molecule has 0 amide bonds. The molecule has 2 aromatic carbocycles. The molecular weight excluding hydrogens is 230 g/mol. The molecule has 0 fully saturated rings. The van der Waals surface area contributed by atoms with Gasteiger partial charge in [-0.2, -0.15) is 0 Å². The van der Waals surface area contributed by atoms with Crippen molar-refractivity contribution in [3.05, 3.63) is 71.3 Å². The molecule has 0 saturated carbocycles. The molecule has 0 aliphatic heterocycles. The second-order valence-electron chi connectivity index (χ2n) is 3.31.